The van der Waals surface area contributed by atoms with Crippen LogP contribution in [0, 0.1) is 0 Å². The summed E-state index contributed by atoms with van der Waals surface area (Å²) in [7, 11) is 1.40. The summed E-state index contributed by atoms with van der Waals surface area (Å²) in [6.45, 7) is 0.0467. The van der Waals surface area contributed by atoms with Gasteiger partial charge >= 0.3 is 6.18 Å². The van der Waals surface area contributed by atoms with E-state index in [-0.39, 0.29) is 12.1 Å². The summed E-state index contributed by atoms with van der Waals surface area (Å²) in [4.78, 5) is 17.1. The van der Waals surface area contributed by atoms with E-state index in [9.17, 15) is 18.0 Å². The van der Waals surface area contributed by atoms with Crippen LogP contribution in [-0.2, 0) is 12.7 Å². The van der Waals surface area contributed by atoms with Crippen LogP contribution in [0.15, 0.2) is 30.6 Å². The third-order valence-electron chi connectivity index (χ3n) is 2.66. The molecule has 1 amide bonds. The number of halogens is 3. The summed E-state index contributed by atoms with van der Waals surface area (Å²) in [6, 6.07) is 4.68. The van der Waals surface area contributed by atoms with E-state index in [1.165, 1.54) is 25.5 Å². The molecule has 1 aromatic carbocycles. The minimum Gasteiger partial charge on any atom is -0.334 e. The number of aromatic nitrogens is 3. The van der Waals surface area contributed by atoms with E-state index in [0.717, 1.165) is 17.0 Å². The maximum Gasteiger partial charge on any atom is 0.417 e. The molecule has 106 valence electrons. The van der Waals surface area contributed by atoms with E-state index in [2.05, 4.69) is 15.2 Å². The largest absolute Gasteiger partial charge is 0.417 e. The van der Waals surface area contributed by atoms with Crippen LogP contribution in [0.1, 0.15) is 21.7 Å². The van der Waals surface area contributed by atoms with Gasteiger partial charge in [-0.3, -0.25) is 9.89 Å². The third-order valence-corrected chi connectivity index (χ3v) is 2.66. The lowest BCUT2D eigenvalue weighted by atomic mass is 10.1. The van der Waals surface area contributed by atoms with Crippen LogP contribution in [0.5, 0.6) is 0 Å². The number of nitrogens with one attached hydrogen (secondary N) is 1. The van der Waals surface area contributed by atoms with Gasteiger partial charge in [-0.1, -0.05) is 12.1 Å². The number of hydrogen-bond donors (Lipinski definition) is 1. The maximum absolute atomic E-state index is 12.9. The average Bonchev–Trinajstić information content (AvgIpc) is 2.89. The predicted molar refractivity (Wildman–Crippen MR) is 63.6 cm³/mol. The number of carbonyl (C=O) groups is 1. The van der Waals surface area contributed by atoms with Gasteiger partial charge in [-0.25, -0.2) is 4.98 Å². The highest BCUT2D eigenvalue weighted by molar-refractivity contribution is 5.95. The highest BCUT2D eigenvalue weighted by Crippen LogP contribution is 2.32. The highest BCUT2D eigenvalue weighted by Gasteiger charge is 2.35. The fraction of sp³-hybridized carbons (Fsp3) is 0.250. The van der Waals surface area contributed by atoms with Crippen LogP contribution in [-0.4, -0.2) is 33.0 Å². The van der Waals surface area contributed by atoms with Gasteiger partial charge in [-0.2, -0.15) is 18.3 Å². The molecular formula is C12H11F3N4O. The van der Waals surface area contributed by atoms with Crippen LogP contribution >= 0.6 is 0 Å². The van der Waals surface area contributed by atoms with Crippen molar-refractivity contribution in [2.24, 2.45) is 0 Å². The van der Waals surface area contributed by atoms with Gasteiger partial charge in [0.15, 0.2) is 0 Å². The van der Waals surface area contributed by atoms with Crippen molar-refractivity contribution in [1.82, 2.24) is 20.1 Å². The number of alkyl halides is 3. The van der Waals surface area contributed by atoms with Crippen molar-refractivity contribution < 1.29 is 18.0 Å². The fourth-order valence-electron chi connectivity index (χ4n) is 1.73. The van der Waals surface area contributed by atoms with E-state index in [1.54, 1.807) is 0 Å². The number of nitrogens with zero attached hydrogens (tertiary/aromatic N) is 3. The molecule has 0 spiro atoms. The molecule has 2 aromatic rings. The van der Waals surface area contributed by atoms with Crippen molar-refractivity contribution in [1.29, 1.82) is 0 Å². The van der Waals surface area contributed by atoms with Crippen LogP contribution in [0.3, 0.4) is 0 Å². The van der Waals surface area contributed by atoms with Gasteiger partial charge in [0.25, 0.3) is 5.91 Å². The Kier molecular flexibility index (Phi) is 3.73. The Balaban J connectivity index is 2.25. The number of amides is 1. The van der Waals surface area contributed by atoms with Gasteiger partial charge in [-0.15, -0.1) is 0 Å². The number of rotatable bonds is 3. The molecular weight excluding hydrogens is 273 g/mol. The Bertz CT molecular complexity index is 595. The summed E-state index contributed by atoms with van der Waals surface area (Å²) in [6.07, 6.45) is -3.31. The topological polar surface area (TPSA) is 61.9 Å². The summed E-state index contributed by atoms with van der Waals surface area (Å²) < 4.78 is 38.6. The van der Waals surface area contributed by atoms with Crippen LogP contribution in [0.4, 0.5) is 13.2 Å². The van der Waals surface area contributed by atoms with Crippen molar-refractivity contribution in [3.05, 3.63) is 47.5 Å². The second-order valence-corrected chi connectivity index (χ2v) is 4.14. The Morgan fingerprint density at radius 3 is 2.65 bits per heavy atom. The summed E-state index contributed by atoms with van der Waals surface area (Å²) >= 11 is 0. The molecule has 20 heavy (non-hydrogen) atoms. The van der Waals surface area contributed by atoms with Crippen LogP contribution < -0.4 is 0 Å². The molecule has 8 heteroatoms. The molecule has 0 atom stereocenters. The van der Waals surface area contributed by atoms with Crippen molar-refractivity contribution >= 4 is 5.91 Å². The Morgan fingerprint density at radius 2 is 2.05 bits per heavy atom. The maximum atomic E-state index is 12.9. The molecule has 0 aliphatic rings. The first-order valence-corrected chi connectivity index (χ1v) is 5.65. The van der Waals surface area contributed by atoms with E-state index in [1.807, 2.05) is 0 Å². The van der Waals surface area contributed by atoms with Gasteiger partial charge in [0.1, 0.15) is 12.2 Å². The second kappa shape index (κ2) is 5.32. The lowest BCUT2D eigenvalue weighted by Crippen LogP contribution is -2.28. The molecule has 0 bridgehead atoms. The molecule has 0 fully saturated rings. The summed E-state index contributed by atoms with van der Waals surface area (Å²) in [5.41, 5.74) is -1.34. The molecule has 0 saturated heterocycles. The second-order valence-electron chi connectivity index (χ2n) is 4.14. The van der Waals surface area contributed by atoms with Crippen LogP contribution in [0.2, 0.25) is 0 Å². The molecule has 1 heterocycles. The van der Waals surface area contributed by atoms with Gasteiger partial charge in [-0.05, 0) is 12.1 Å². The van der Waals surface area contributed by atoms with E-state index in [0.29, 0.717) is 5.82 Å². The first kappa shape index (κ1) is 14.0. The quantitative estimate of drug-likeness (QED) is 0.938. The van der Waals surface area contributed by atoms with Crippen molar-refractivity contribution in [3.8, 4) is 0 Å². The first-order chi connectivity index (χ1) is 9.39. The molecule has 1 aromatic heterocycles. The average molecular weight is 284 g/mol. The summed E-state index contributed by atoms with van der Waals surface area (Å²) in [5.74, 6) is -0.334. The predicted octanol–water partition coefficient (Wildman–Crippen LogP) is 2.10. The Hall–Kier alpha value is -2.38. The number of hydrogen-bond acceptors (Lipinski definition) is 3. The lowest BCUT2D eigenvalue weighted by molar-refractivity contribution is -0.138. The molecule has 0 saturated carbocycles. The fourth-order valence-corrected chi connectivity index (χ4v) is 1.73. The van der Waals surface area contributed by atoms with Gasteiger partial charge in [0.2, 0.25) is 0 Å². The minimum absolute atomic E-state index is 0.0467. The smallest absolute Gasteiger partial charge is 0.334 e. The minimum atomic E-state index is -4.57. The molecule has 0 unspecified atom stereocenters. The molecule has 0 radical (unpaired) electrons. The zero-order valence-electron chi connectivity index (χ0n) is 10.5. The van der Waals surface area contributed by atoms with Gasteiger partial charge in [0, 0.05) is 7.05 Å². The highest BCUT2D eigenvalue weighted by atomic mass is 19.4. The monoisotopic (exact) mass is 284 g/mol. The molecule has 0 aliphatic heterocycles. The first-order valence-electron chi connectivity index (χ1n) is 5.65. The third kappa shape index (κ3) is 2.95. The zero-order chi connectivity index (χ0) is 14.8. The standard InChI is InChI=1S/C12H11F3N4O/c1-19(6-10-16-7-17-18-10)11(20)8-4-2-3-5-9(8)12(13,14)15/h2-5,7H,6H2,1H3,(H,16,17,18). The molecule has 5 nitrogen and oxygen atoms in total. The number of aromatic amines is 1. The normalized spacial score (nSPS) is 11.4. The van der Waals surface area contributed by atoms with Crippen molar-refractivity contribution in [2.45, 2.75) is 12.7 Å². The molecule has 0 aliphatic carbocycles. The Morgan fingerprint density at radius 1 is 1.35 bits per heavy atom. The lowest BCUT2D eigenvalue weighted by Gasteiger charge is -2.18. The molecule has 1 N–H and O–H groups in total. The number of H-pyrrole nitrogens is 1. The van der Waals surface area contributed by atoms with Gasteiger partial charge in [0.05, 0.1) is 17.7 Å². The Labute approximate surface area is 112 Å². The summed E-state index contributed by atoms with van der Waals surface area (Å²) in [5, 5.41) is 6.15. The SMILES string of the molecule is CN(Cc1ncn[nH]1)C(=O)c1ccccc1C(F)(F)F. The van der Waals surface area contributed by atoms with E-state index in [4.69, 9.17) is 0 Å². The zero-order valence-corrected chi connectivity index (χ0v) is 10.5. The van der Waals surface area contributed by atoms with Crippen molar-refractivity contribution in [2.75, 3.05) is 7.05 Å². The van der Waals surface area contributed by atoms with Crippen molar-refractivity contribution in [3.63, 3.8) is 0 Å². The molecule has 2 rings (SSSR count). The van der Waals surface area contributed by atoms with Gasteiger partial charge < -0.3 is 4.90 Å². The van der Waals surface area contributed by atoms with Crippen LogP contribution in [0.25, 0.3) is 0 Å². The van der Waals surface area contributed by atoms with E-state index < -0.39 is 17.6 Å². The van der Waals surface area contributed by atoms with E-state index >= 15 is 0 Å². The number of benzene rings is 1. The number of carbonyl (C=O) groups excluding carboxylic acids is 1.